The molecule has 1 heterocycles. The Morgan fingerprint density at radius 3 is 2.57 bits per heavy atom. The van der Waals surface area contributed by atoms with Gasteiger partial charge in [0.05, 0.1) is 12.8 Å². The molecular weight excluding hydrogens is 512 g/mol. The van der Waals surface area contributed by atoms with E-state index in [9.17, 15) is 14.9 Å². The van der Waals surface area contributed by atoms with E-state index in [1.807, 2.05) is 25.1 Å². The van der Waals surface area contributed by atoms with Crippen molar-refractivity contribution in [3.63, 3.8) is 0 Å². The van der Waals surface area contributed by atoms with Gasteiger partial charge < -0.3 is 19.2 Å². The number of esters is 1. The summed E-state index contributed by atoms with van der Waals surface area (Å²) in [6.07, 6.45) is 2.96. The standard InChI is InChI=1S/C27H25BrN2O5/c1-17(2)23-13-24(28)18(3)11-25(23)34-16-26(31)35-21-8-6-19(7-9-21)12-20(14-29)27(32)30-15-22-5-4-10-33-22/h4-13,17H,15-16H2,1-3H3,(H,30,32)/b20-12+. The predicted molar refractivity (Wildman–Crippen MR) is 135 cm³/mol. The molecule has 0 radical (unpaired) electrons. The van der Waals surface area contributed by atoms with Crippen LogP contribution in [0.15, 0.2) is 69.3 Å². The second-order valence-electron chi connectivity index (χ2n) is 8.06. The second-order valence-corrected chi connectivity index (χ2v) is 8.91. The van der Waals surface area contributed by atoms with Crippen molar-refractivity contribution >= 4 is 33.9 Å². The first-order chi connectivity index (χ1) is 16.8. The van der Waals surface area contributed by atoms with Crippen LogP contribution in [0.2, 0.25) is 0 Å². The first-order valence-electron chi connectivity index (χ1n) is 10.9. The van der Waals surface area contributed by atoms with Gasteiger partial charge in [-0.25, -0.2) is 4.79 Å². The van der Waals surface area contributed by atoms with E-state index < -0.39 is 11.9 Å². The molecule has 0 aliphatic rings. The Morgan fingerprint density at radius 2 is 1.94 bits per heavy atom. The monoisotopic (exact) mass is 536 g/mol. The van der Waals surface area contributed by atoms with Gasteiger partial charge in [-0.05, 0) is 72.0 Å². The maximum Gasteiger partial charge on any atom is 0.349 e. The highest BCUT2D eigenvalue weighted by Crippen LogP contribution is 2.32. The number of amides is 1. The van der Waals surface area contributed by atoms with Crippen molar-refractivity contribution in [3.8, 4) is 17.6 Å². The highest BCUT2D eigenvalue weighted by atomic mass is 79.9. The van der Waals surface area contributed by atoms with Crippen LogP contribution in [0.4, 0.5) is 0 Å². The van der Waals surface area contributed by atoms with Crippen LogP contribution in [0.25, 0.3) is 6.08 Å². The molecule has 2 aromatic carbocycles. The number of hydrogen-bond acceptors (Lipinski definition) is 6. The zero-order valence-electron chi connectivity index (χ0n) is 19.6. The van der Waals surface area contributed by atoms with Crippen LogP contribution in [0.3, 0.4) is 0 Å². The highest BCUT2D eigenvalue weighted by Gasteiger charge is 2.14. The Kier molecular flexibility index (Phi) is 8.87. The van der Waals surface area contributed by atoms with Crippen molar-refractivity contribution in [1.29, 1.82) is 5.26 Å². The topological polar surface area (TPSA) is 102 Å². The van der Waals surface area contributed by atoms with E-state index in [0.29, 0.717) is 22.8 Å². The highest BCUT2D eigenvalue weighted by molar-refractivity contribution is 9.10. The summed E-state index contributed by atoms with van der Waals surface area (Å²) in [5, 5.41) is 12.0. The second kappa shape index (κ2) is 12.0. The molecule has 0 spiro atoms. The van der Waals surface area contributed by atoms with Gasteiger partial charge >= 0.3 is 5.97 Å². The molecule has 1 aromatic heterocycles. The van der Waals surface area contributed by atoms with Crippen LogP contribution < -0.4 is 14.8 Å². The number of aryl methyl sites for hydroxylation is 1. The summed E-state index contributed by atoms with van der Waals surface area (Å²) in [7, 11) is 0. The van der Waals surface area contributed by atoms with Crippen molar-refractivity contribution in [2.45, 2.75) is 33.2 Å². The van der Waals surface area contributed by atoms with E-state index >= 15 is 0 Å². The minimum atomic E-state index is -0.543. The van der Waals surface area contributed by atoms with Crippen LogP contribution >= 0.6 is 15.9 Å². The minimum Gasteiger partial charge on any atom is -0.482 e. The van der Waals surface area contributed by atoms with Gasteiger partial charge in [0.1, 0.15) is 28.9 Å². The predicted octanol–water partition coefficient (Wildman–Crippen LogP) is 5.68. The minimum absolute atomic E-state index is 0.0551. The van der Waals surface area contributed by atoms with Crippen molar-refractivity contribution in [3.05, 3.63) is 87.3 Å². The summed E-state index contributed by atoms with van der Waals surface area (Å²) in [6, 6.07) is 15.7. The lowest BCUT2D eigenvalue weighted by atomic mass is 10.0. The van der Waals surface area contributed by atoms with Gasteiger partial charge in [-0.3, -0.25) is 4.79 Å². The summed E-state index contributed by atoms with van der Waals surface area (Å²) in [5.74, 6) is 0.727. The summed E-state index contributed by atoms with van der Waals surface area (Å²) >= 11 is 3.53. The summed E-state index contributed by atoms with van der Waals surface area (Å²) in [6.45, 7) is 6.00. The fourth-order valence-corrected chi connectivity index (χ4v) is 3.53. The molecule has 1 amide bonds. The van der Waals surface area contributed by atoms with Gasteiger partial charge in [-0.2, -0.15) is 5.26 Å². The van der Waals surface area contributed by atoms with Crippen molar-refractivity contribution in [2.24, 2.45) is 0 Å². The number of nitrogens with one attached hydrogen (secondary N) is 1. The van der Waals surface area contributed by atoms with Crippen LogP contribution in [0, 0.1) is 18.3 Å². The molecule has 1 N–H and O–H groups in total. The molecular formula is C27H25BrN2O5. The van der Waals surface area contributed by atoms with Gasteiger partial charge in [0, 0.05) is 4.47 Å². The normalized spacial score (nSPS) is 11.1. The summed E-state index contributed by atoms with van der Waals surface area (Å²) in [4.78, 5) is 24.6. The number of benzene rings is 2. The SMILES string of the molecule is Cc1cc(OCC(=O)Oc2ccc(/C=C(\C#N)C(=O)NCc3ccco3)cc2)c(C(C)C)cc1Br. The average molecular weight is 537 g/mol. The molecule has 8 heteroatoms. The number of carbonyl (C=O) groups excluding carboxylic acids is 2. The zero-order valence-corrected chi connectivity index (χ0v) is 21.2. The molecule has 35 heavy (non-hydrogen) atoms. The van der Waals surface area contributed by atoms with Gasteiger partial charge in [0.2, 0.25) is 0 Å². The Bertz CT molecular complexity index is 1260. The van der Waals surface area contributed by atoms with E-state index in [0.717, 1.165) is 15.6 Å². The third-order valence-electron chi connectivity index (χ3n) is 5.05. The summed E-state index contributed by atoms with van der Waals surface area (Å²) in [5.41, 5.74) is 2.55. The number of carbonyl (C=O) groups is 2. The smallest absolute Gasteiger partial charge is 0.349 e. The zero-order chi connectivity index (χ0) is 25.4. The quantitative estimate of drug-likeness (QED) is 0.163. The number of hydrogen-bond donors (Lipinski definition) is 1. The Morgan fingerprint density at radius 1 is 1.20 bits per heavy atom. The Hall–Kier alpha value is -3.83. The maximum atomic E-state index is 12.3. The van der Waals surface area contributed by atoms with Crippen molar-refractivity contribution < 1.29 is 23.5 Å². The van der Waals surface area contributed by atoms with E-state index in [-0.39, 0.29) is 24.6 Å². The molecule has 0 aliphatic carbocycles. The number of furan rings is 1. The van der Waals surface area contributed by atoms with E-state index in [1.165, 1.54) is 12.3 Å². The summed E-state index contributed by atoms with van der Waals surface area (Å²) < 4.78 is 17.2. The van der Waals surface area contributed by atoms with Gasteiger partial charge in [-0.15, -0.1) is 0 Å². The molecule has 0 fully saturated rings. The largest absolute Gasteiger partial charge is 0.482 e. The molecule has 3 aromatic rings. The van der Waals surface area contributed by atoms with Gasteiger partial charge in [-0.1, -0.05) is 41.9 Å². The van der Waals surface area contributed by atoms with Crippen LogP contribution in [0.5, 0.6) is 11.5 Å². The Labute approximate surface area is 212 Å². The van der Waals surface area contributed by atoms with E-state index in [2.05, 4.69) is 35.1 Å². The lowest BCUT2D eigenvalue weighted by Gasteiger charge is -2.15. The van der Waals surface area contributed by atoms with Crippen molar-refractivity contribution in [1.82, 2.24) is 5.32 Å². The number of rotatable bonds is 9. The van der Waals surface area contributed by atoms with Crippen molar-refractivity contribution in [2.75, 3.05) is 6.61 Å². The molecule has 0 saturated carbocycles. The first-order valence-corrected chi connectivity index (χ1v) is 11.7. The third kappa shape index (κ3) is 7.33. The molecule has 0 unspecified atom stereocenters. The number of ether oxygens (including phenoxy) is 2. The molecule has 3 rings (SSSR count). The first kappa shape index (κ1) is 25.8. The van der Waals surface area contributed by atoms with Gasteiger partial charge in [0.15, 0.2) is 6.61 Å². The average Bonchev–Trinajstić information content (AvgIpc) is 3.36. The van der Waals surface area contributed by atoms with Gasteiger partial charge in [0.25, 0.3) is 5.91 Å². The number of nitriles is 1. The molecule has 0 bridgehead atoms. The fraction of sp³-hybridized carbons (Fsp3) is 0.222. The molecule has 0 atom stereocenters. The molecule has 0 aliphatic heterocycles. The molecule has 180 valence electrons. The van der Waals surface area contributed by atoms with Crippen LogP contribution in [-0.2, 0) is 16.1 Å². The van der Waals surface area contributed by atoms with Crippen LogP contribution in [0.1, 0.15) is 42.2 Å². The van der Waals surface area contributed by atoms with E-state index in [4.69, 9.17) is 13.9 Å². The van der Waals surface area contributed by atoms with E-state index in [1.54, 1.807) is 36.4 Å². The van der Waals surface area contributed by atoms with Crippen LogP contribution in [-0.4, -0.2) is 18.5 Å². The lowest BCUT2D eigenvalue weighted by Crippen LogP contribution is -2.23. The molecule has 0 saturated heterocycles. The fourth-order valence-electron chi connectivity index (χ4n) is 3.17. The number of halogens is 1. The lowest BCUT2D eigenvalue weighted by molar-refractivity contribution is -0.136. The maximum absolute atomic E-state index is 12.3. The molecule has 7 nitrogen and oxygen atoms in total. The number of nitrogens with zero attached hydrogens (tertiary/aromatic N) is 1. The third-order valence-corrected chi connectivity index (χ3v) is 5.90. The Balaban J connectivity index is 1.58.